The highest BCUT2D eigenvalue weighted by Gasteiger charge is 2.41. The van der Waals surface area contributed by atoms with E-state index in [0.717, 1.165) is 31.4 Å². The highest BCUT2D eigenvalue weighted by molar-refractivity contribution is 5.86. The average molecular weight is 752 g/mol. The molecule has 1 heteroatoms. The Labute approximate surface area is 346 Å². The third-order valence-corrected chi connectivity index (χ3v) is 13.8. The SMILES string of the molecule is C=C1/C=C(C2=CC3C=CC(C4=CCCC=C4)=CC3C=C2)\C=C/CN2c3ccccc3C(C)(C)c3cc(C4=CC=C5C=C(c6ccccc6)C=CC5C4)cc(c32)C1(C)C. The lowest BCUT2D eigenvalue weighted by Crippen LogP contribution is -2.36. The summed E-state index contributed by atoms with van der Waals surface area (Å²) in [7, 11) is 0. The Morgan fingerprint density at radius 2 is 1.29 bits per heavy atom. The molecular weight excluding hydrogens is 699 g/mol. The molecule has 3 unspecified atom stereocenters. The third kappa shape index (κ3) is 6.24. The number of benzene rings is 3. The van der Waals surface area contributed by atoms with Crippen molar-refractivity contribution in [1.29, 1.82) is 0 Å². The zero-order valence-electron chi connectivity index (χ0n) is 34.4. The Hall–Kier alpha value is -5.92. The van der Waals surface area contributed by atoms with E-state index in [0.29, 0.717) is 17.8 Å². The van der Waals surface area contributed by atoms with E-state index in [-0.39, 0.29) is 10.8 Å². The van der Waals surface area contributed by atoms with Crippen molar-refractivity contribution in [3.63, 3.8) is 0 Å². The quantitative estimate of drug-likeness (QED) is 0.257. The fraction of sp³-hybridized carbons (Fsp3) is 0.228. The monoisotopic (exact) mass is 751 g/mol. The van der Waals surface area contributed by atoms with Crippen LogP contribution in [0.15, 0.2) is 210 Å². The Bertz CT molecular complexity index is 2620. The molecule has 0 spiro atoms. The zero-order chi connectivity index (χ0) is 39.6. The van der Waals surface area contributed by atoms with Crippen LogP contribution in [0.2, 0.25) is 0 Å². The Morgan fingerprint density at radius 3 is 2.05 bits per heavy atom. The summed E-state index contributed by atoms with van der Waals surface area (Å²) in [5.41, 5.74) is 19.2. The standard InChI is InChI=1S/C57H53N/c1-38-31-41(44-26-27-45-32-42(22-24-47(45)34-44)39-15-8-6-9-16-39)19-14-30-58-54-21-13-12-20-51(54)57(4,5)53-37-50(36-52(55(53)58)56(38,2)3)49-29-28-46-33-43(23-25-48(46)35-49)40-17-10-7-11-18-40/h7-8,10-29,31-34,36-37,45,47-48H,1,6,9,30,35H2,2-5H3/b19-14-,41-31+. The molecule has 0 aromatic heterocycles. The molecule has 0 bridgehead atoms. The fourth-order valence-corrected chi connectivity index (χ4v) is 10.1. The van der Waals surface area contributed by atoms with Crippen LogP contribution in [-0.2, 0) is 10.8 Å². The van der Waals surface area contributed by atoms with E-state index in [1.165, 1.54) is 78.2 Å². The predicted octanol–water partition coefficient (Wildman–Crippen LogP) is 14.3. The first-order chi connectivity index (χ1) is 28.1. The second-order valence-corrected chi connectivity index (χ2v) is 18.1. The van der Waals surface area contributed by atoms with Gasteiger partial charge in [-0.1, -0.05) is 186 Å². The van der Waals surface area contributed by atoms with Gasteiger partial charge in [0.2, 0.25) is 0 Å². The largest absolute Gasteiger partial charge is 0.337 e. The number of rotatable bonds is 4. The molecule has 2 heterocycles. The van der Waals surface area contributed by atoms with Gasteiger partial charge < -0.3 is 4.90 Å². The Balaban J connectivity index is 1.05. The van der Waals surface area contributed by atoms with Crippen LogP contribution in [0.25, 0.3) is 11.1 Å². The van der Waals surface area contributed by atoms with Crippen molar-refractivity contribution in [3.8, 4) is 0 Å². The summed E-state index contributed by atoms with van der Waals surface area (Å²) in [6.45, 7) is 15.3. The number of anilines is 2. The molecular formula is C57H53N. The summed E-state index contributed by atoms with van der Waals surface area (Å²) in [5, 5.41) is 0. The molecule has 0 amide bonds. The van der Waals surface area contributed by atoms with E-state index in [4.69, 9.17) is 6.58 Å². The summed E-state index contributed by atoms with van der Waals surface area (Å²) >= 11 is 0. The number of hydrogen-bond donors (Lipinski definition) is 0. The molecule has 1 nitrogen and oxygen atoms in total. The molecule has 7 aliphatic rings. The van der Waals surface area contributed by atoms with Gasteiger partial charge in [-0.15, -0.1) is 0 Å². The molecule has 0 radical (unpaired) electrons. The first-order valence-corrected chi connectivity index (χ1v) is 21.3. The van der Waals surface area contributed by atoms with Crippen molar-refractivity contribution in [2.24, 2.45) is 17.8 Å². The molecule has 3 aromatic carbocycles. The van der Waals surface area contributed by atoms with Gasteiger partial charge in [-0.25, -0.2) is 0 Å². The minimum atomic E-state index is -0.351. The van der Waals surface area contributed by atoms with Crippen LogP contribution in [0.1, 0.15) is 74.8 Å². The van der Waals surface area contributed by atoms with E-state index >= 15 is 0 Å². The first kappa shape index (κ1) is 36.4. The number of hydrogen-bond acceptors (Lipinski definition) is 1. The second kappa shape index (κ2) is 14.2. The zero-order valence-corrected chi connectivity index (χ0v) is 34.4. The third-order valence-electron chi connectivity index (χ3n) is 13.8. The average Bonchev–Trinajstić information content (AvgIpc) is 3.26. The summed E-state index contributed by atoms with van der Waals surface area (Å²) in [4.78, 5) is 2.59. The summed E-state index contributed by atoms with van der Waals surface area (Å²) in [6.07, 6.45) is 43.6. The molecule has 10 rings (SSSR count). The Kier molecular flexibility index (Phi) is 8.90. The normalized spacial score (nSPS) is 26.2. The van der Waals surface area contributed by atoms with Crippen LogP contribution in [0, 0.1) is 17.8 Å². The molecule has 3 aromatic rings. The van der Waals surface area contributed by atoms with Gasteiger partial charge in [0.25, 0.3) is 0 Å². The van der Waals surface area contributed by atoms with Crippen molar-refractivity contribution in [2.75, 3.05) is 11.4 Å². The van der Waals surface area contributed by atoms with Crippen LogP contribution in [-0.4, -0.2) is 6.54 Å². The number of nitrogens with zero attached hydrogens (tertiary/aromatic N) is 1. The van der Waals surface area contributed by atoms with Crippen LogP contribution >= 0.6 is 0 Å². The molecule has 0 N–H and O–H groups in total. The van der Waals surface area contributed by atoms with Crippen molar-refractivity contribution in [3.05, 3.63) is 238 Å². The highest BCUT2D eigenvalue weighted by Crippen LogP contribution is 2.55. The predicted molar refractivity (Wildman–Crippen MR) is 247 cm³/mol. The van der Waals surface area contributed by atoms with Crippen molar-refractivity contribution in [2.45, 2.75) is 57.8 Å². The number of para-hydroxylation sites is 1. The molecule has 5 aliphatic carbocycles. The van der Waals surface area contributed by atoms with Gasteiger partial charge in [0.05, 0.1) is 0 Å². The van der Waals surface area contributed by atoms with Crippen molar-refractivity contribution in [1.82, 2.24) is 0 Å². The minimum Gasteiger partial charge on any atom is -0.337 e. The summed E-state index contributed by atoms with van der Waals surface area (Å²) in [5.74, 6) is 1.06. The van der Waals surface area contributed by atoms with Crippen LogP contribution in [0.4, 0.5) is 11.4 Å². The maximum absolute atomic E-state index is 4.88. The van der Waals surface area contributed by atoms with Gasteiger partial charge in [-0.05, 0) is 110 Å². The van der Waals surface area contributed by atoms with E-state index in [1.807, 2.05) is 0 Å². The highest BCUT2D eigenvalue weighted by atomic mass is 15.2. The van der Waals surface area contributed by atoms with Crippen LogP contribution < -0.4 is 4.90 Å². The van der Waals surface area contributed by atoms with E-state index < -0.39 is 0 Å². The van der Waals surface area contributed by atoms with Crippen LogP contribution in [0.3, 0.4) is 0 Å². The van der Waals surface area contributed by atoms with Crippen molar-refractivity contribution >= 4 is 22.5 Å². The Morgan fingerprint density at radius 1 is 0.603 bits per heavy atom. The molecule has 58 heavy (non-hydrogen) atoms. The molecule has 286 valence electrons. The molecule has 0 fully saturated rings. The van der Waals surface area contributed by atoms with Gasteiger partial charge in [0.15, 0.2) is 0 Å². The molecule has 0 saturated carbocycles. The van der Waals surface area contributed by atoms with Gasteiger partial charge in [0, 0.05) is 46.5 Å². The van der Waals surface area contributed by atoms with Gasteiger partial charge >= 0.3 is 0 Å². The van der Waals surface area contributed by atoms with Gasteiger partial charge in [-0.2, -0.15) is 0 Å². The van der Waals surface area contributed by atoms with E-state index in [1.54, 1.807) is 0 Å². The van der Waals surface area contributed by atoms with E-state index in [9.17, 15) is 0 Å². The van der Waals surface area contributed by atoms with Gasteiger partial charge in [0.1, 0.15) is 0 Å². The molecule has 0 saturated heterocycles. The lowest BCUT2D eigenvalue weighted by molar-refractivity contribution is 0.603. The first-order valence-electron chi connectivity index (χ1n) is 21.3. The smallest absolute Gasteiger partial charge is 0.0497 e. The topological polar surface area (TPSA) is 3.24 Å². The lowest BCUT2D eigenvalue weighted by Gasteiger charge is -2.45. The maximum Gasteiger partial charge on any atom is 0.0497 e. The van der Waals surface area contributed by atoms with Crippen molar-refractivity contribution < 1.29 is 0 Å². The fourth-order valence-electron chi connectivity index (χ4n) is 10.1. The lowest BCUT2D eigenvalue weighted by atomic mass is 9.67. The summed E-state index contributed by atoms with van der Waals surface area (Å²) < 4.78 is 0. The minimum absolute atomic E-state index is 0.187. The molecule has 2 aliphatic heterocycles. The second-order valence-electron chi connectivity index (χ2n) is 18.1. The maximum atomic E-state index is 4.88. The number of fused-ring (bicyclic) bond motifs is 4. The van der Waals surface area contributed by atoms with E-state index in [2.05, 4.69) is 203 Å². The van der Waals surface area contributed by atoms with Crippen LogP contribution in [0.5, 0.6) is 0 Å². The van der Waals surface area contributed by atoms with Gasteiger partial charge in [-0.3, -0.25) is 0 Å². The summed E-state index contributed by atoms with van der Waals surface area (Å²) in [6, 6.07) is 24.8. The number of allylic oxidation sites excluding steroid dienone is 24. The molecule has 3 atom stereocenters.